The van der Waals surface area contributed by atoms with Gasteiger partial charge in [0.2, 0.25) is 0 Å². The number of nitrogens with zero attached hydrogens (tertiary/aromatic N) is 7. The molecule has 14 rings (SSSR count). The van der Waals surface area contributed by atoms with Crippen molar-refractivity contribution < 1.29 is 4.92 Å². The number of rotatable bonds is 13. The van der Waals surface area contributed by atoms with E-state index < -0.39 is 11.1 Å². The van der Waals surface area contributed by atoms with Crippen molar-refractivity contribution in [3.05, 3.63) is 310 Å². The first-order valence-electron chi connectivity index (χ1n) is 26.6. The maximum absolute atomic E-state index is 11.9. The highest BCUT2D eigenvalue weighted by Gasteiger charge is 2.43. The van der Waals surface area contributed by atoms with Crippen molar-refractivity contribution >= 4 is 33.2 Å². The fraction of sp³-hybridized carbons (Fsp3) is 0.118. The lowest BCUT2D eigenvalue weighted by atomic mass is 9.77. The number of aromatic nitrogens is 6. The van der Waals surface area contributed by atoms with Crippen molar-refractivity contribution in [1.82, 2.24) is 29.5 Å². The Morgan fingerprint density at radius 1 is 0.423 bits per heavy atom. The molecular weight excluding hydrogens is 961 g/mol. The molecule has 0 aliphatic heterocycles. The molecule has 2 saturated carbocycles. The van der Waals surface area contributed by atoms with Crippen molar-refractivity contribution in [2.24, 2.45) is 0 Å². The van der Waals surface area contributed by atoms with Gasteiger partial charge < -0.3 is 5.73 Å². The minimum atomic E-state index is -0.844. The van der Waals surface area contributed by atoms with Crippen LogP contribution in [0, 0.1) is 10.1 Å². The van der Waals surface area contributed by atoms with Gasteiger partial charge in [-0.15, -0.1) is 0 Å². The van der Waals surface area contributed by atoms with E-state index in [4.69, 9.17) is 15.9 Å². The summed E-state index contributed by atoms with van der Waals surface area (Å²) in [6.07, 6.45) is 8.42. The Morgan fingerprint density at radius 2 is 0.756 bits per heavy atom. The van der Waals surface area contributed by atoms with Gasteiger partial charge in [-0.05, 0) is 108 Å². The number of hydrogen-bond acceptors (Lipinski definition) is 7. The molecule has 0 saturated heterocycles. The highest BCUT2D eigenvalue weighted by molar-refractivity contribution is 5.97. The first-order chi connectivity index (χ1) is 38.4. The predicted molar refractivity (Wildman–Crippen MR) is 310 cm³/mol. The molecule has 0 amide bonds. The molecule has 378 valence electrons. The molecule has 12 aromatic rings. The zero-order valence-electron chi connectivity index (χ0n) is 42.8. The summed E-state index contributed by atoms with van der Waals surface area (Å²) < 4.78 is 4.26. The third kappa shape index (κ3) is 8.48. The Kier molecular flexibility index (Phi) is 12.3. The molecule has 78 heavy (non-hydrogen) atoms. The van der Waals surface area contributed by atoms with Crippen LogP contribution in [0.2, 0.25) is 0 Å². The third-order valence-corrected chi connectivity index (χ3v) is 15.5. The molecule has 0 unspecified atom stereocenters. The molecule has 0 radical (unpaired) electrons. The van der Waals surface area contributed by atoms with E-state index in [0.29, 0.717) is 17.5 Å². The maximum Gasteiger partial charge on any atom is 0.270 e. The summed E-state index contributed by atoms with van der Waals surface area (Å²) in [5, 5.41) is 24.4. The number of fused-ring (bicyclic) bond motifs is 2. The predicted octanol–water partition coefficient (Wildman–Crippen LogP) is 15.1. The van der Waals surface area contributed by atoms with Crippen molar-refractivity contribution in [1.29, 1.82) is 0 Å². The standard InChI is InChI=1S/C34H26N4O2.C34H28N4/c39-38(40)29-18-19-32-30(23-29)33(25-20-21-35-31(22-25)24-16-17-24)36-37(32)34(26-10-4-1-5-11-26,27-12-6-2-7-13-27)28-14-8-3-9-15-28;35-29-18-19-32-30(23-29)33(25-20-21-36-31(22-25)24-16-17-24)37-38(32)34(26-10-4-1-5-11-26,27-12-6-2-7-13-27)28-14-8-3-9-15-28/h1-15,18-24H,16-17H2;1-15,18-24H,16-17,35H2. The monoisotopic (exact) mass is 1010 g/mol. The number of non-ortho nitro benzene ring substituents is 1. The number of pyridine rings is 2. The van der Waals surface area contributed by atoms with E-state index in [1.165, 1.54) is 12.8 Å². The number of anilines is 1. The van der Waals surface area contributed by atoms with E-state index in [1.54, 1.807) is 12.1 Å². The number of nitro benzene ring substituents is 1. The molecular formula is C68H54N8O2. The minimum Gasteiger partial charge on any atom is -0.399 e. The van der Waals surface area contributed by atoms with Gasteiger partial charge in [-0.3, -0.25) is 20.1 Å². The van der Waals surface area contributed by atoms with E-state index in [9.17, 15) is 10.1 Å². The number of nitrogens with two attached hydrogens (primary N) is 1. The van der Waals surface area contributed by atoms with E-state index >= 15 is 0 Å². The average Bonchev–Trinajstić information content (AvgIpc) is 4.63. The molecule has 4 aromatic heterocycles. The van der Waals surface area contributed by atoms with Crippen molar-refractivity contribution in [3.8, 4) is 22.5 Å². The minimum absolute atomic E-state index is 0.0366. The lowest BCUT2D eigenvalue weighted by molar-refractivity contribution is -0.384. The molecule has 2 aliphatic carbocycles. The van der Waals surface area contributed by atoms with Gasteiger partial charge in [-0.1, -0.05) is 182 Å². The fourth-order valence-corrected chi connectivity index (χ4v) is 11.5. The van der Waals surface area contributed by atoms with Gasteiger partial charge in [-0.25, -0.2) is 9.36 Å². The largest absolute Gasteiger partial charge is 0.399 e. The molecule has 8 aromatic carbocycles. The topological polar surface area (TPSA) is 131 Å². The van der Waals surface area contributed by atoms with Gasteiger partial charge in [-0.2, -0.15) is 10.2 Å². The van der Waals surface area contributed by atoms with Gasteiger partial charge in [0.25, 0.3) is 5.69 Å². The van der Waals surface area contributed by atoms with Gasteiger partial charge in [0.1, 0.15) is 22.5 Å². The molecule has 2 N–H and O–H groups in total. The third-order valence-electron chi connectivity index (χ3n) is 15.5. The van der Waals surface area contributed by atoms with Crippen LogP contribution in [0.4, 0.5) is 11.4 Å². The van der Waals surface area contributed by atoms with Crippen LogP contribution in [0.1, 0.15) is 82.3 Å². The van der Waals surface area contributed by atoms with Crippen LogP contribution in [0.25, 0.3) is 44.3 Å². The quantitative estimate of drug-likeness (QED) is 0.0527. The molecule has 10 nitrogen and oxygen atoms in total. The van der Waals surface area contributed by atoms with Gasteiger partial charge >= 0.3 is 0 Å². The first-order valence-corrected chi connectivity index (χ1v) is 26.6. The molecule has 2 fully saturated rings. The van der Waals surface area contributed by atoms with Crippen molar-refractivity contribution in [3.63, 3.8) is 0 Å². The highest BCUT2D eigenvalue weighted by Crippen LogP contribution is 2.48. The number of hydrogen-bond donors (Lipinski definition) is 1. The maximum atomic E-state index is 11.9. The van der Waals surface area contributed by atoms with Crippen LogP contribution in [-0.4, -0.2) is 34.5 Å². The number of nitro groups is 1. The van der Waals surface area contributed by atoms with Crippen LogP contribution in [-0.2, 0) is 11.1 Å². The Hall–Kier alpha value is -9.80. The SMILES string of the molecule is Nc1ccc2c(c1)c(-c1ccnc(C3CC3)c1)nn2C(c1ccccc1)(c1ccccc1)c1ccccc1.O=[N+]([O-])c1ccc2c(c1)c(-c1ccnc(C3CC3)c1)nn2C(c1ccccc1)(c1ccccc1)c1ccccc1. The van der Waals surface area contributed by atoms with E-state index in [0.717, 1.165) is 102 Å². The Morgan fingerprint density at radius 3 is 1.09 bits per heavy atom. The van der Waals surface area contributed by atoms with Crippen LogP contribution < -0.4 is 5.73 Å². The molecule has 10 heteroatoms. The Balaban J connectivity index is 0.000000149. The summed E-state index contributed by atoms with van der Waals surface area (Å²) in [4.78, 5) is 20.8. The average molecular weight is 1020 g/mol. The lowest BCUT2D eigenvalue weighted by Crippen LogP contribution is -2.38. The molecule has 0 bridgehead atoms. The number of nitrogen functional groups attached to an aromatic ring is 1. The van der Waals surface area contributed by atoms with Gasteiger partial charge in [0.15, 0.2) is 0 Å². The van der Waals surface area contributed by atoms with Crippen LogP contribution >= 0.6 is 0 Å². The normalized spacial score (nSPS) is 13.5. The van der Waals surface area contributed by atoms with Crippen molar-refractivity contribution in [2.45, 2.75) is 48.6 Å². The summed E-state index contributed by atoms with van der Waals surface area (Å²) >= 11 is 0. The second-order valence-electron chi connectivity index (χ2n) is 20.4. The summed E-state index contributed by atoms with van der Waals surface area (Å²) in [6, 6.07) is 82.5. The van der Waals surface area contributed by atoms with Crippen LogP contribution in [0.3, 0.4) is 0 Å². The summed E-state index contributed by atoms with van der Waals surface area (Å²) in [7, 11) is 0. The van der Waals surface area contributed by atoms with Gasteiger partial charge in [0.05, 0.1) is 16.0 Å². The summed E-state index contributed by atoms with van der Waals surface area (Å²) in [5.74, 6) is 1.03. The van der Waals surface area contributed by atoms with Crippen LogP contribution in [0.15, 0.2) is 255 Å². The molecule has 0 spiro atoms. The second kappa shape index (κ2) is 20.0. The van der Waals surface area contributed by atoms with E-state index in [2.05, 4.69) is 177 Å². The molecule has 0 atom stereocenters. The van der Waals surface area contributed by atoms with Crippen molar-refractivity contribution in [2.75, 3.05) is 5.73 Å². The molecule has 2 aliphatic rings. The highest BCUT2D eigenvalue weighted by atomic mass is 16.6. The second-order valence-corrected chi connectivity index (χ2v) is 20.4. The molecule has 4 heterocycles. The first kappa shape index (κ1) is 47.9. The van der Waals surface area contributed by atoms with E-state index in [1.807, 2.05) is 85.2 Å². The van der Waals surface area contributed by atoms with Crippen LogP contribution in [0.5, 0.6) is 0 Å². The Labute approximate surface area is 452 Å². The van der Waals surface area contributed by atoms with E-state index in [-0.39, 0.29) is 10.6 Å². The fourth-order valence-electron chi connectivity index (χ4n) is 11.5. The lowest BCUT2D eigenvalue weighted by Gasteiger charge is -2.37. The van der Waals surface area contributed by atoms with Gasteiger partial charge in [0, 0.05) is 75.3 Å². The Bertz CT molecular complexity index is 3890. The summed E-state index contributed by atoms with van der Waals surface area (Å²) in [6.45, 7) is 0. The zero-order valence-corrected chi connectivity index (χ0v) is 42.8. The smallest absolute Gasteiger partial charge is 0.270 e. The zero-order chi connectivity index (χ0) is 52.6. The summed E-state index contributed by atoms with van der Waals surface area (Å²) in [5.41, 5.74) is 19.7. The number of benzene rings is 8.